The largest absolute Gasteiger partial charge is 0.496 e. The number of aryl methyl sites for hydroxylation is 1. The summed E-state index contributed by atoms with van der Waals surface area (Å²) in [7, 11) is 1.50. The van der Waals surface area contributed by atoms with E-state index in [2.05, 4.69) is 0 Å². The van der Waals surface area contributed by atoms with E-state index in [1.165, 1.54) is 19.3 Å². The average molecular weight is 278 g/mol. The molecule has 0 spiro atoms. The lowest BCUT2D eigenvalue weighted by atomic mass is 10.00. The van der Waals surface area contributed by atoms with Crippen molar-refractivity contribution in [2.75, 3.05) is 13.7 Å². The SMILES string of the molecule is CCOC(=O)/C=C/c1c(CC(=O)O)cc(C)cc1OC. The number of carboxylic acids is 1. The second-order valence-electron chi connectivity index (χ2n) is 4.20. The Labute approximate surface area is 117 Å². The summed E-state index contributed by atoms with van der Waals surface area (Å²) in [5.74, 6) is -0.887. The van der Waals surface area contributed by atoms with Gasteiger partial charge < -0.3 is 14.6 Å². The Balaban J connectivity index is 3.19. The first-order valence-corrected chi connectivity index (χ1v) is 6.22. The summed E-state index contributed by atoms with van der Waals surface area (Å²) in [4.78, 5) is 22.3. The van der Waals surface area contributed by atoms with E-state index in [1.54, 1.807) is 19.1 Å². The van der Waals surface area contributed by atoms with E-state index in [4.69, 9.17) is 14.6 Å². The van der Waals surface area contributed by atoms with E-state index in [0.717, 1.165) is 5.56 Å². The number of carbonyl (C=O) groups excluding carboxylic acids is 1. The van der Waals surface area contributed by atoms with Gasteiger partial charge in [-0.1, -0.05) is 6.07 Å². The van der Waals surface area contributed by atoms with Gasteiger partial charge in [0.1, 0.15) is 5.75 Å². The summed E-state index contributed by atoms with van der Waals surface area (Å²) in [5.41, 5.74) is 2.06. The first-order chi connectivity index (χ1) is 9.47. The Hall–Kier alpha value is -2.30. The van der Waals surface area contributed by atoms with Crippen LogP contribution in [0.15, 0.2) is 18.2 Å². The Bertz CT molecular complexity index is 531. The van der Waals surface area contributed by atoms with Crippen LogP contribution < -0.4 is 4.74 Å². The van der Waals surface area contributed by atoms with E-state index in [1.807, 2.05) is 6.92 Å². The standard InChI is InChI=1S/C15H18O5/c1-4-20-15(18)6-5-12-11(9-14(16)17)7-10(2)8-13(12)19-3/h5-8H,4,9H2,1-3H3,(H,16,17)/b6-5+. The predicted molar refractivity (Wildman–Crippen MR) is 74.7 cm³/mol. The van der Waals surface area contributed by atoms with Crippen molar-refractivity contribution in [3.8, 4) is 5.75 Å². The number of aliphatic carboxylic acids is 1. The quantitative estimate of drug-likeness (QED) is 0.638. The molecule has 0 radical (unpaired) electrons. The topological polar surface area (TPSA) is 72.8 Å². The van der Waals surface area contributed by atoms with Crippen molar-refractivity contribution in [2.45, 2.75) is 20.3 Å². The second-order valence-corrected chi connectivity index (χ2v) is 4.20. The summed E-state index contributed by atoms with van der Waals surface area (Å²) < 4.78 is 10.0. The average Bonchev–Trinajstić information content (AvgIpc) is 2.36. The van der Waals surface area contributed by atoms with Gasteiger partial charge in [-0.15, -0.1) is 0 Å². The lowest BCUT2D eigenvalue weighted by molar-refractivity contribution is -0.137. The van der Waals surface area contributed by atoms with Crippen molar-refractivity contribution >= 4 is 18.0 Å². The minimum atomic E-state index is -0.941. The zero-order valence-corrected chi connectivity index (χ0v) is 11.8. The van der Waals surface area contributed by atoms with Crippen LogP contribution in [0.4, 0.5) is 0 Å². The van der Waals surface area contributed by atoms with E-state index in [0.29, 0.717) is 16.9 Å². The van der Waals surface area contributed by atoms with E-state index >= 15 is 0 Å². The molecule has 1 N–H and O–H groups in total. The monoisotopic (exact) mass is 278 g/mol. The predicted octanol–water partition coefficient (Wildman–Crippen LogP) is 2.21. The van der Waals surface area contributed by atoms with Crippen LogP contribution in [0, 0.1) is 6.92 Å². The van der Waals surface area contributed by atoms with Crippen LogP contribution in [-0.2, 0) is 20.7 Å². The molecule has 0 saturated carbocycles. The van der Waals surface area contributed by atoms with Gasteiger partial charge in [0.15, 0.2) is 0 Å². The molecule has 0 atom stereocenters. The molecule has 0 unspecified atom stereocenters. The molecule has 0 aliphatic rings. The highest BCUT2D eigenvalue weighted by atomic mass is 16.5. The van der Waals surface area contributed by atoms with E-state index < -0.39 is 11.9 Å². The molecule has 0 bridgehead atoms. The van der Waals surface area contributed by atoms with Crippen molar-refractivity contribution in [3.05, 3.63) is 34.9 Å². The molecule has 0 aromatic heterocycles. The first kappa shape index (κ1) is 15.8. The number of esters is 1. The molecule has 0 heterocycles. The minimum Gasteiger partial charge on any atom is -0.496 e. The van der Waals surface area contributed by atoms with Gasteiger partial charge in [0, 0.05) is 11.6 Å². The highest BCUT2D eigenvalue weighted by molar-refractivity contribution is 5.88. The molecule has 5 nitrogen and oxygen atoms in total. The molecular weight excluding hydrogens is 260 g/mol. The zero-order chi connectivity index (χ0) is 15.1. The van der Waals surface area contributed by atoms with Crippen molar-refractivity contribution in [1.29, 1.82) is 0 Å². The fourth-order valence-electron chi connectivity index (χ4n) is 1.85. The highest BCUT2D eigenvalue weighted by Gasteiger charge is 2.11. The lowest BCUT2D eigenvalue weighted by Gasteiger charge is -2.11. The summed E-state index contributed by atoms with van der Waals surface area (Å²) in [6.07, 6.45) is 2.65. The fraction of sp³-hybridized carbons (Fsp3) is 0.333. The van der Waals surface area contributed by atoms with Gasteiger partial charge in [0.2, 0.25) is 0 Å². The summed E-state index contributed by atoms with van der Waals surface area (Å²) in [6, 6.07) is 3.55. The van der Waals surface area contributed by atoms with Gasteiger partial charge in [0.05, 0.1) is 20.1 Å². The number of rotatable bonds is 6. The first-order valence-electron chi connectivity index (χ1n) is 6.22. The van der Waals surface area contributed by atoms with Gasteiger partial charge in [-0.05, 0) is 37.1 Å². The molecule has 5 heteroatoms. The fourth-order valence-corrected chi connectivity index (χ4v) is 1.85. The Morgan fingerprint density at radius 2 is 2.05 bits per heavy atom. The normalized spacial score (nSPS) is 10.6. The number of ether oxygens (including phenoxy) is 2. The van der Waals surface area contributed by atoms with Crippen LogP contribution in [0.3, 0.4) is 0 Å². The smallest absolute Gasteiger partial charge is 0.330 e. The van der Waals surface area contributed by atoms with Crippen LogP contribution >= 0.6 is 0 Å². The van der Waals surface area contributed by atoms with Crippen LogP contribution in [0.25, 0.3) is 6.08 Å². The van der Waals surface area contributed by atoms with Gasteiger partial charge in [-0.3, -0.25) is 4.79 Å². The van der Waals surface area contributed by atoms with Crippen molar-refractivity contribution in [3.63, 3.8) is 0 Å². The molecule has 1 aromatic rings. The van der Waals surface area contributed by atoms with Gasteiger partial charge in [-0.2, -0.15) is 0 Å². The van der Waals surface area contributed by atoms with Crippen LogP contribution in [-0.4, -0.2) is 30.8 Å². The number of methoxy groups -OCH3 is 1. The molecule has 0 amide bonds. The van der Waals surface area contributed by atoms with Gasteiger partial charge in [-0.25, -0.2) is 4.79 Å². The zero-order valence-electron chi connectivity index (χ0n) is 11.8. The molecule has 108 valence electrons. The van der Waals surface area contributed by atoms with Crippen molar-refractivity contribution in [1.82, 2.24) is 0 Å². The maximum Gasteiger partial charge on any atom is 0.330 e. The number of hydrogen-bond donors (Lipinski definition) is 1. The molecular formula is C15H18O5. The van der Waals surface area contributed by atoms with Crippen molar-refractivity contribution < 1.29 is 24.2 Å². The molecule has 0 aliphatic carbocycles. The molecule has 0 fully saturated rings. The maximum atomic E-state index is 11.4. The maximum absolute atomic E-state index is 11.4. The second kappa shape index (κ2) is 7.33. The molecule has 1 rings (SSSR count). The summed E-state index contributed by atoms with van der Waals surface area (Å²) >= 11 is 0. The third-order valence-corrected chi connectivity index (χ3v) is 2.61. The minimum absolute atomic E-state index is 0.138. The Kier molecular flexibility index (Phi) is 5.77. The highest BCUT2D eigenvalue weighted by Crippen LogP contribution is 2.26. The lowest BCUT2D eigenvalue weighted by Crippen LogP contribution is -2.04. The number of carbonyl (C=O) groups is 2. The summed E-state index contributed by atoms with van der Waals surface area (Å²) in [5, 5.41) is 8.95. The van der Waals surface area contributed by atoms with Crippen LogP contribution in [0.2, 0.25) is 0 Å². The molecule has 1 aromatic carbocycles. The third kappa shape index (κ3) is 4.42. The summed E-state index contributed by atoms with van der Waals surface area (Å²) in [6.45, 7) is 3.86. The molecule has 0 aliphatic heterocycles. The third-order valence-electron chi connectivity index (χ3n) is 2.61. The Morgan fingerprint density at radius 3 is 2.60 bits per heavy atom. The van der Waals surface area contributed by atoms with Gasteiger partial charge in [0.25, 0.3) is 0 Å². The number of carboxylic acid groups (broad SMARTS) is 1. The van der Waals surface area contributed by atoms with E-state index in [-0.39, 0.29) is 13.0 Å². The number of benzene rings is 1. The molecule has 20 heavy (non-hydrogen) atoms. The molecule has 0 saturated heterocycles. The number of hydrogen-bond acceptors (Lipinski definition) is 4. The Morgan fingerprint density at radius 1 is 1.35 bits per heavy atom. The van der Waals surface area contributed by atoms with Gasteiger partial charge >= 0.3 is 11.9 Å². The van der Waals surface area contributed by atoms with Crippen LogP contribution in [0.5, 0.6) is 5.75 Å². The van der Waals surface area contributed by atoms with Crippen molar-refractivity contribution in [2.24, 2.45) is 0 Å². The van der Waals surface area contributed by atoms with E-state index in [9.17, 15) is 9.59 Å². The van der Waals surface area contributed by atoms with Crippen LogP contribution in [0.1, 0.15) is 23.6 Å².